The number of rotatable bonds is 10. The molecule has 0 bridgehead atoms. The van der Waals surface area contributed by atoms with Gasteiger partial charge in [0.2, 0.25) is 0 Å². The van der Waals surface area contributed by atoms with Crippen molar-refractivity contribution in [1.82, 2.24) is 24.9 Å². The average Bonchev–Trinajstić information content (AvgIpc) is 1.51. The highest BCUT2D eigenvalue weighted by Crippen LogP contribution is 2.65. The molecule has 15 aromatic rings. The summed E-state index contributed by atoms with van der Waals surface area (Å²) in [6.07, 6.45) is 11.3. The Hall–Kier alpha value is -12.8. The molecule has 13 aromatic carbocycles. The van der Waals surface area contributed by atoms with Crippen LogP contribution in [-0.2, 0) is 16.2 Å². The van der Waals surface area contributed by atoms with Crippen molar-refractivity contribution in [2.45, 2.75) is 81.5 Å². The summed E-state index contributed by atoms with van der Waals surface area (Å²) in [6, 6.07) is 114. The van der Waals surface area contributed by atoms with Crippen LogP contribution in [0.5, 0.6) is 0 Å². The fourth-order valence-electron chi connectivity index (χ4n) is 19.4. The lowest BCUT2D eigenvalue weighted by Gasteiger charge is -2.34. The van der Waals surface area contributed by atoms with E-state index in [2.05, 4.69) is 350 Å². The third-order valence-electron chi connectivity index (χ3n) is 25.1. The first kappa shape index (κ1) is 64.5. The molecule has 0 radical (unpaired) electrons. The summed E-state index contributed by atoms with van der Waals surface area (Å²) >= 11 is 0. The van der Waals surface area contributed by atoms with Crippen molar-refractivity contribution in [3.63, 3.8) is 0 Å². The largest absolute Gasteiger partial charge is 0.232 e. The second-order valence-corrected chi connectivity index (χ2v) is 31.7. The van der Waals surface area contributed by atoms with Crippen molar-refractivity contribution < 1.29 is 0 Å². The summed E-state index contributed by atoms with van der Waals surface area (Å²) < 4.78 is 0. The normalized spacial score (nSPS) is 17.2. The number of aromatic nitrogens is 5. The van der Waals surface area contributed by atoms with Crippen LogP contribution in [-0.4, -0.2) is 24.9 Å². The quantitative estimate of drug-likeness (QED) is 0.128. The number of nitrogens with zero attached hydrogens (tertiary/aromatic N) is 5. The van der Waals surface area contributed by atoms with E-state index < -0.39 is 5.41 Å². The summed E-state index contributed by atoms with van der Waals surface area (Å²) in [5.41, 5.74) is 38.6. The summed E-state index contributed by atoms with van der Waals surface area (Å²) in [4.78, 5) is 26.6. The van der Waals surface area contributed by atoms with Gasteiger partial charge in [-0.1, -0.05) is 344 Å². The fraction of sp³-hybridized carbons (Fsp3) is 0.125. The first-order valence-corrected chi connectivity index (χ1v) is 38.5. The van der Waals surface area contributed by atoms with Gasteiger partial charge in [0.05, 0.1) is 16.8 Å². The Bertz CT molecular complexity index is 6310. The van der Waals surface area contributed by atoms with Crippen LogP contribution >= 0.6 is 0 Å². The maximum atomic E-state index is 5.66. The summed E-state index contributed by atoms with van der Waals surface area (Å²) in [5, 5.41) is 0. The molecular weight excluding hydrogens is 1320 g/mol. The Labute approximate surface area is 637 Å². The van der Waals surface area contributed by atoms with Crippen molar-refractivity contribution in [2.75, 3.05) is 0 Å². The molecule has 6 aliphatic rings. The van der Waals surface area contributed by atoms with Crippen LogP contribution in [0.4, 0.5) is 0 Å². The first-order valence-electron chi connectivity index (χ1n) is 38.5. The number of benzene rings is 13. The lowest BCUT2D eigenvalue weighted by Crippen LogP contribution is -2.28. The van der Waals surface area contributed by atoms with Crippen LogP contribution in [0, 0.1) is 0 Å². The zero-order valence-corrected chi connectivity index (χ0v) is 61.6. The Balaban J connectivity index is 0.594. The van der Waals surface area contributed by atoms with Gasteiger partial charge in [0, 0.05) is 50.5 Å². The van der Waals surface area contributed by atoms with Gasteiger partial charge in [0.1, 0.15) is 5.82 Å². The van der Waals surface area contributed by atoms with E-state index in [1.54, 1.807) is 0 Å². The topological polar surface area (TPSA) is 64.5 Å². The lowest BCUT2D eigenvalue weighted by atomic mass is 9.67. The molecule has 0 aliphatic heterocycles. The van der Waals surface area contributed by atoms with Gasteiger partial charge in [-0.25, -0.2) is 24.9 Å². The third kappa shape index (κ3) is 10.2. The third-order valence-corrected chi connectivity index (χ3v) is 25.1. The van der Waals surface area contributed by atoms with Gasteiger partial charge in [-0.05, 0) is 182 Å². The van der Waals surface area contributed by atoms with E-state index in [9.17, 15) is 0 Å². The average molecular weight is 1400 g/mol. The van der Waals surface area contributed by atoms with Gasteiger partial charge in [-0.2, -0.15) is 0 Å². The highest BCUT2D eigenvalue weighted by molar-refractivity contribution is 5.96. The molecule has 6 aliphatic carbocycles. The van der Waals surface area contributed by atoms with Crippen molar-refractivity contribution in [2.24, 2.45) is 0 Å². The highest BCUT2D eigenvalue weighted by Gasteiger charge is 2.53. The SMILES string of the molecule is CC1c2ccccc2C=CC1c1nc(-c2ccc(-c3ccccc3)cc2)cc(-c2ccc3c(c2)C2(C4=C3CC=CC(c3ccc5c(c3)C(C)(C)c3cc(-c6ccc(-c7nc(-c8ccccc8)nc(-c8ccc(-c9ccc%10c(c9)C(C)(C)c9ccccc9-%10)cc8)n7)cc6)ccc3-5)C4)c3ccccc3-c3ccccc32)n1. The molecule has 3 unspecified atom stereocenters. The molecule has 21 rings (SSSR count). The minimum Gasteiger partial charge on any atom is -0.232 e. The molecule has 0 amide bonds. The van der Waals surface area contributed by atoms with Crippen molar-refractivity contribution in [3.8, 4) is 123 Å². The van der Waals surface area contributed by atoms with Crippen LogP contribution in [0.15, 0.2) is 333 Å². The molecule has 5 nitrogen and oxygen atoms in total. The number of hydrogen-bond donors (Lipinski definition) is 0. The molecule has 109 heavy (non-hydrogen) atoms. The van der Waals surface area contributed by atoms with Crippen molar-refractivity contribution >= 4 is 11.6 Å². The van der Waals surface area contributed by atoms with E-state index in [4.69, 9.17) is 24.9 Å². The smallest absolute Gasteiger partial charge is 0.164 e. The Morgan fingerprint density at radius 3 is 1.33 bits per heavy atom. The predicted octanol–water partition coefficient (Wildman–Crippen LogP) is 25.7. The van der Waals surface area contributed by atoms with Crippen molar-refractivity contribution in [1.29, 1.82) is 0 Å². The minimum atomic E-state index is -0.529. The molecule has 0 N–H and O–H groups in total. The molecule has 2 heterocycles. The minimum absolute atomic E-state index is 0.0126. The van der Waals surface area contributed by atoms with Crippen LogP contribution in [0.25, 0.3) is 135 Å². The highest BCUT2D eigenvalue weighted by atomic mass is 15.0. The molecule has 0 saturated heterocycles. The monoisotopic (exact) mass is 1400 g/mol. The van der Waals surface area contributed by atoms with Gasteiger partial charge in [-0.15, -0.1) is 0 Å². The van der Waals surface area contributed by atoms with Gasteiger partial charge < -0.3 is 0 Å². The molecule has 1 spiro atoms. The number of hydrogen-bond acceptors (Lipinski definition) is 5. The predicted molar refractivity (Wildman–Crippen MR) is 447 cm³/mol. The maximum Gasteiger partial charge on any atom is 0.164 e. The Kier molecular flexibility index (Phi) is 14.7. The number of allylic oxidation sites excluding steroid dienone is 5. The fourth-order valence-corrected chi connectivity index (χ4v) is 19.4. The van der Waals surface area contributed by atoms with E-state index in [0.29, 0.717) is 17.5 Å². The van der Waals surface area contributed by atoms with Crippen LogP contribution < -0.4 is 0 Å². The summed E-state index contributed by atoms with van der Waals surface area (Å²) in [6.45, 7) is 11.8. The molecule has 518 valence electrons. The van der Waals surface area contributed by atoms with Crippen LogP contribution in [0.1, 0.15) is 132 Å². The second-order valence-electron chi connectivity index (χ2n) is 31.7. The van der Waals surface area contributed by atoms with E-state index >= 15 is 0 Å². The van der Waals surface area contributed by atoms with E-state index in [1.165, 1.54) is 128 Å². The standard InChI is InChI=1S/C104H77N5/c1-63-78-27-13-12-23-68(78)47-52-79(63)101-105-96(69-41-35-65(36-42-69)64-21-8-6-9-22-64)62-97(106-101)77-51-56-87-83-31-20-26-73(60-94(83)104(95(87)61-77)89-33-18-15-29-81(89)82-30-16-19-34-90(82)104)76-50-55-86-85-54-49-75(58-92(85)103(4,5)93(86)59-76)67-39-45-72(46-40-67)100-108-98(70-24-10-7-11-25-70)107-99(109-100)71-43-37-66(38-44-71)74-48-53-84-80-28-14-17-32-88(80)102(2,3)91(84)57-74/h6-30,32-59,61-63,73,79H,31,60H2,1-5H3. The zero-order valence-electron chi connectivity index (χ0n) is 61.6. The second kappa shape index (κ2) is 24.9. The van der Waals surface area contributed by atoms with Crippen LogP contribution in [0.2, 0.25) is 0 Å². The lowest BCUT2D eigenvalue weighted by molar-refractivity contribution is 0.634. The van der Waals surface area contributed by atoms with Crippen LogP contribution in [0.3, 0.4) is 0 Å². The van der Waals surface area contributed by atoms with Gasteiger partial charge in [0.15, 0.2) is 17.5 Å². The molecule has 5 heteroatoms. The molecule has 0 saturated carbocycles. The van der Waals surface area contributed by atoms with Gasteiger partial charge in [-0.3, -0.25) is 0 Å². The van der Waals surface area contributed by atoms with E-state index in [1.807, 2.05) is 18.2 Å². The van der Waals surface area contributed by atoms with E-state index in [-0.39, 0.29) is 28.6 Å². The van der Waals surface area contributed by atoms with E-state index in [0.717, 1.165) is 69.0 Å². The van der Waals surface area contributed by atoms with Crippen molar-refractivity contribution in [3.05, 3.63) is 400 Å². The first-order chi connectivity index (χ1) is 53.4. The summed E-state index contributed by atoms with van der Waals surface area (Å²) in [5.74, 6) is 3.05. The van der Waals surface area contributed by atoms with Gasteiger partial charge in [0.25, 0.3) is 0 Å². The molecule has 0 fully saturated rings. The zero-order chi connectivity index (χ0) is 72.9. The molecular formula is C104H77N5. The molecule has 2 aromatic heterocycles. The summed E-state index contributed by atoms with van der Waals surface area (Å²) in [7, 11) is 0. The van der Waals surface area contributed by atoms with Gasteiger partial charge >= 0.3 is 0 Å². The maximum absolute atomic E-state index is 5.66. The molecule has 3 atom stereocenters. The Morgan fingerprint density at radius 1 is 0.312 bits per heavy atom. The number of fused-ring (bicyclic) bond motifs is 16. The Morgan fingerprint density at radius 2 is 0.725 bits per heavy atom.